The fraction of sp³-hybridized carbons (Fsp3) is 0.0667. The molecular weight excluding hydrogens is 270 g/mol. The van der Waals surface area contributed by atoms with E-state index < -0.39 is 0 Å². The minimum absolute atomic E-state index is 0.315. The summed E-state index contributed by atoms with van der Waals surface area (Å²) < 4.78 is 13.7. The Balaban J connectivity index is 2.35. The van der Waals surface area contributed by atoms with Crippen LogP contribution in [0.25, 0.3) is 11.6 Å². The predicted molar refractivity (Wildman–Crippen MR) is 76.4 cm³/mol. The first-order valence-corrected chi connectivity index (χ1v) is 6.21. The van der Waals surface area contributed by atoms with Crippen molar-refractivity contribution in [1.82, 2.24) is 0 Å². The van der Waals surface area contributed by atoms with Gasteiger partial charge in [-0.3, -0.25) is 0 Å². The molecule has 0 N–H and O–H groups in total. The van der Waals surface area contributed by atoms with Crippen LogP contribution in [0.4, 0.5) is 4.39 Å². The van der Waals surface area contributed by atoms with Gasteiger partial charge in [-0.05, 0) is 42.3 Å². The van der Waals surface area contributed by atoms with Gasteiger partial charge >= 0.3 is 0 Å². The van der Waals surface area contributed by atoms with Gasteiger partial charge in [0.2, 0.25) is 0 Å². The van der Waals surface area contributed by atoms with Gasteiger partial charge in [-0.1, -0.05) is 47.5 Å². The van der Waals surface area contributed by atoms with Gasteiger partial charge in [0.1, 0.15) is 5.82 Å². The molecule has 0 saturated heterocycles. The highest BCUT2D eigenvalue weighted by atomic mass is 35.5. The van der Waals surface area contributed by atoms with E-state index in [4.69, 9.17) is 23.2 Å². The Morgan fingerprint density at radius 2 is 1.61 bits per heavy atom. The smallest absolute Gasteiger partial charge is 0.132 e. The van der Waals surface area contributed by atoms with Crippen LogP contribution in [0.15, 0.2) is 42.5 Å². The summed E-state index contributed by atoms with van der Waals surface area (Å²) in [5.74, 6) is -0.315. The molecule has 0 saturated carbocycles. The summed E-state index contributed by atoms with van der Waals surface area (Å²) >= 11 is 11.5. The fourth-order valence-corrected chi connectivity index (χ4v) is 1.98. The van der Waals surface area contributed by atoms with Crippen molar-refractivity contribution >= 4 is 34.9 Å². The first kappa shape index (κ1) is 13.1. The fourth-order valence-electron chi connectivity index (χ4n) is 1.70. The highest BCUT2D eigenvalue weighted by molar-refractivity contribution is 6.30. The molecule has 0 fully saturated rings. The van der Waals surface area contributed by atoms with E-state index >= 15 is 0 Å². The molecule has 0 aliphatic carbocycles. The summed E-state index contributed by atoms with van der Waals surface area (Å²) in [6.45, 7) is 1.86. The van der Waals surface area contributed by atoms with Crippen molar-refractivity contribution in [1.29, 1.82) is 0 Å². The molecule has 0 atom stereocenters. The van der Waals surface area contributed by atoms with E-state index in [-0.39, 0.29) is 5.82 Å². The molecule has 0 aliphatic heterocycles. The Morgan fingerprint density at radius 3 is 2.22 bits per heavy atom. The maximum atomic E-state index is 13.7. The van der Waals surface area contributed by atoms with Crippen LogP contribution in [0.3, 0.4) is 0 Å². The van der Waals surface area contributed by atoms with Crippen molar-refractivity contribution in [2.24, 2.45) is 0 Å². The Hall–Kier alpha value is -1.31. The lowest BCUT2D eigenvalue weighted by Gasteiger charge is -2.04. The number of halogens is 3. The van der Waals surface area contributed by atoms with Gasteiger partial charge in [-0.25, -0.2) is 4.39 Å². The van der Waals surface area contributed by atoms with Gasteiger partial charge in [-0.15, -0.1) is 0 Å². The summed E-state index contributed by atoms with van der Waals surface area (Å²) in [4.78, 5) is 0. The van der Waals surface area contributed by atoms with Crippen molar-refractivity contribution in [3.63, 3.8) is 0 Å². The van der Waals surface area contributed by atoms with E-state index in [0.29, 0.717) is 15.6 Å². The van der Waals surface area contributed by atoms with Gasteiger partial charge in [-0.2, -0.15) is 0 Å². The molecule has 3 heteroatoms. The molecule has 0 heterocycles. The molecular formula is C15H11Cl2F. The highest BCUT2D eigenvalue weighted by Crippen LogP contribution is 2.23. The molecule has 2 aromatic carbocycles. The van der Waals surface area contributed by atoms with Gasteiger partial charge in [0.25, 0.3) is 0 Å². The second-order valence-electron chi connectivity index (χ2n) is 4.00. The molecule has 0 spiro atoms. The Morgan fingerprint density at radius 1 is 1.00 bits per heavy atom. The standard InChI is InChI=1S/C15H11Cl2F/c1-10(8-11-2-4-12(16)5-3-11)14-7-6-13(17)9-15(14)18/h2-9H,1H3/b10-8+. The zero-order valence-electron chi connectivity index (χ0n) is 9.75. The summed E-state index contributed by atoms with van der Waals surface area (Å²) in [6.07, 6.45) is 1.91. The lowest BCUT2D eigenvalue weighted by molar-refractivity contribution is 0.624. The van der Waals surface area contributed by atoms with Crippen molar-refractivity contribution in [2.45, 2.75) is 6.92 Å². The van der Waals surface area contributed by atoms with E-state index in [1.807, 2.05) is 25.1 Å². The van der Waals surface area contributed by atoms with Crippen molar-refractivity contribution < 1.29 is 4.39 Å². The largest absolute Gasteiger partial charge is 0.206 e. The maximum absolute atomic E-state index is 13.7. The molecule has 0 radical (unpaired) electrons. The molecule has 18 heavy (non-hydrogen) atoms. The van der Waals surface area contributed by atoms with Crippen LogP contribution in [-0.4, -0.2) is 0 Å². The minimum Gasteiger partial charge on any atom is -0.206 e. The second kappa shape index (κ2) is 5.55. The van der Waals surface area contributed by atoms with E-state index in [0.717, 1.165) is 11.1 Å². The van der Waals surface area contributed by atoms with Crippen LogP contribution in [0.1, 0.15) is 18.1 Å². The third-order valence-corrected chi connectivity index (χ3v) is 3.10. The predicted octanol–water partition coefficient (Wildman–Crippen LogP) is 5.69. The Bertz CT molecular complexity index is 586. The highest BCUT2D eigenvalue weighted by Gasteiger charge is 2.04. The SMILES string of the molecule is C/C(=C\c1ccc(Cl)cc1)c1ccc(Cl)cc1F. The minimum atomic E-state index is -0.315. The molecule has 0 nitrogen and oxygen atoms in total. The van der Waals surface area contributed by atoms with Crippen molar-refractivity contribution in [3.8, 4) is 0 Å². The zero-order chi connectivity index (χ0) is 13.1. The van der Waals surface area contributed by atoms with Crippen LogP contribution < -0.4 is 0 Å². The number of rotatable bonds is 2. The van der Waals surface area contributed by atoms with Crippen molar-refractivity contribution in [3.05, 3.63) is 69.5 Å². The maximum Gasteiger partial charge on any atom is 0.132 e. The van der Waals surface area contributed by atoms with Gasteiger partial charge in [0.05, 0.1) is 0 Å². The van der Waals surface area contributed by atoms with Crippen LogP contribution in [0, 0.1) is 5.82 Å². The monoisotopic (exact) mass is 280 g/mol. The normalized spacial score (nSPS) is 11.7. The van der Waals surface area contributed by atoms with Gasteiger partial charge in [0.15, 0.2) is 0 Å². The number of hydrogen-bond donors (Lipinski definition) is 0. The average Bonchev–Trinajstić information content (AvgIpc) is 2.32. The Labute approximate surface area is 116 Å². The molecule has 0 bridgehead atoms. The van der Waals surface area contributed by atoms with E-state index in [9.17, 15) is 4.39 Å². The van der Waals surface area contributed by atoms with Crippen molar-refractivity contribution in [2.75, 3.05) is 0 Å². The lowest BCUT2D eigenvalue weighted by atomic mass is 10.0. The third kappa shape index (κ3) is 3.12. The summed E-state index contributed by atoms with van der Waals surface area (Å²) in [5, 5.41) is 1.08. The van der Waals surface area contributed by atoms with Crippen LogP contribution >= 0.6 is 23.2 Å². The molecule has 92 valence electrons. The molecule has 0 unspecified atom stereocenters. The first-order chi connectivity index (χ1) is 8.56. The summed E-state index contributed by atoms with van der Waals surface area (Å²) in [6, 6.07) is 12.1. The molecule has 0 aliphatic rings. The average molecular weight is 281 g/mol. The molecule has 2 rings (SSSR count). The van der Waals surface area contributed by atoms with E-state index in [1.165, 1.54) is 6.07 Å². The van der Waals surface area contributed by atoms with Gasteiger partial charge in [0, 0.05) is 15.6 Å². The van der Waals surface area contributed by atoms with E-state index in [1.54, 1.807) is 24.3 Å². The summed E-state index contributed by atoms with van der Waals surface area (Å²) in [5.41, 5.74) is 2.37. The first-order valence-electron chi connectivity index (χ1n) is 5.45. The molecule has 0 amide bonds. The quantitative estimate of drug-likeness (QED) is 0.620. The number of allylic oxidation sites excluding steroid dienone is 1. The Kier molecular flexibility index (Phi) is 4.05. The van der Waals surface area contributed by atoms with Crippen LogP contribution in [0.2, 0.25) is 10.0 Å². The number of benzene rings is 2. The summed E-state index contributed by atoms with van der Waals surface area (Å²) in [7, 11) is 0. The van der Waals surface area contributed by atoms with Crippen LogP contribution in [-0.2, 0) is 0 Å². The third-order valence-electron chi connectivity index (χ3n) is 2.61. The molecule has 2 aromatic rings. The van der Waals surface area contributed by atoms with E-state index in [2.05, 4.69) is 0 Å². The number of hydrogen-bond acceptors (Lipinski definition) is 0. The van der Waals surface area contributed by atoms with Crippen LogP contribution in [0.5, 0.6) is 0 Å². The molecule has 0 aromatic heterocycles. The zero-order valence-corrected chi connectivity index (χ0v) is 11.3. The van der Waals surface area contributed by atoms with Gasteiger partial charge < -0.3 is 0 Å². The lowest BCUT2D eigenvalue weighted by Crippen LogP contribution is -1.86. The second-order valence-corrected chi connectivity index (χ2v) is 4.88. The topological polar surface area (TPSA) is 0 Å².